The maximum absolute atomic E-state index is 11.7. The third kappa shape index (κ3) is 3.55. The van der Waals surface area contributed by atoms with Gasteiger partial charge in [0.1, 0.15) is 0 Å². The minimum atomic E-state index is -0.0946. The summed E-state index contributed by atoms with van der Waals surface area (Å²) in [7, 11) is 1.64. The van der Waals surface area contributed by atoms with Crippen LogP contribution in [0.4, 0.5) is 5.69 Å². The number of nitrogen functional groups attached to an aromatic ring is 1. The number of amides is 1. The monoisotopic (exact) mass is 222 g/mol. The van der Waals surface area contributed by atoms with Crippen LogP contribution in [-0.4, -0.2) is 26.2 Å². The van der Waals surface area contributed by atoms with Crippen LogP contribution in [0.5, 0.6) is 0 Å². The fourth-order valence-electron chi connectivity index (χ4n) is 1.30. The molecule has 0 saturated carbocycles. The molecule has 3 N–H and O–H groups in total. The van der Waals surface area contributed by atoms with Gasteiger partial charge in [-0.1, -0.05) is 6.07 Å². The molecule has 4 heteroatoms. The maximum Gasteiger partial charge on any atom is 0.251 e. The van der Waals surface area contributed by atoms with E-state index < -0.39 is 0 Å². The largest absolute Gasteiger partial charge is 0.398 e. The first-order chi connectivity index (χ1) is 7.65. The molecule has 1 rings (SSSR count). The van der Waals surface area contributed by atoms with Gasteiger partial charge in [0.2, 0.25) is 0 Å². The molecule has 0 atom stereocenters. The number of nitrogens with two attached hydrogens (primary N) is 1. The van der Waals surface area contributed by atoms with E-state index in [0.29, 0.717) is 24.4 Å². The van der Waals surface area contributed by atoms with Gasteiger partial charge in [-0.25, -0.2) is 0 Å². The van der Waals surface area contributed by atoms with Crippen LogP contribution in [0.1, 0.15) is 22.3 Å². The normalized spacial score (nSPS) is 10.1. The first-order valence-corrected chi connectivity index (χ1v) is 5.28. The molecule has 0 aliphatic rings. The summed E-state index contributed by atoms with van der Waals surface area (Å²) in [4.78, 5) is 11.7. The number of ether oxygens (including phenoxy) is 1. The number of nitrogens with one attached hydrogen (secondary N) is 1. The van der Waals surface area contributed by atoms with Gasteiger partial charge < -0.3 is 15.8 Å². The molecule has 1 amide bonds. The second-order valence-corrected chi connectivity index (χ2v) is 3.67. The average molecular weight is 222 g/mol. The van der Waals surface area contributed by atoms with Gasteiger partial charge in [-0.3, -0.25) is 4.79 Å². The number of carbonyl (C=O) groups is 1. The number of anilines is 1. The average Bonchev–Trinajstić information content (AvgIpc) is 2.28. The molecule has 0 radical (unpaired) electrons. The van der Waals surface area contributed by atoms with Gasteiger partial charge in [0.25, 0.3) is 5.91 Å². The molecule has 16 heavy (non-hydrogen) atoms. The molecule has 0 saturated heterocycles. The molecule has 88 valence electrons. The highest BCUT2D eigenvalue weighted by Crippen LogP contribution is 2.12. The molecule has 0 unspecified atom stereocenters. The first kappa shape index (κ1) is 12.5. The van der Waals surface area contributed by atoms with E-state index in [9.17, 15) is 4.79 Å². The fraction of sp³-hybridized carbons (Fsp3) is 0.417. The van der Waals surface area contributed by atoms with Crippen LogP contribution in [0.25, 0.3) is 0 Å². The van der Waals surface area contributed by atoms with Crippen LogP contribution in [-0.2, 0) is 4.74 Å². The Morgan fingerprint density at radius 1 is 1.50 bits per heavy atom. The lowest BCUT2D eigenvalue weighted by Crippen LogP contribution is -2.25. The van der Waals surface area contributed by atoms with Crippen LogP contribution in [0.3, 0.4) is 0 Å². The molecular formula is C12H18N2O2. The lowest BCUT2D eigenvalue weighted by atomic mass is 10.1. The predicted octanol–water partition coefficient (Wildman–Crippen LogP) is 1.34. The first-order valence-electron chi connectivity index (χ1n) is 5.28. The van der Waals surface area contributed by atoms with Crippen molar-refractivity contribution in [1.29, 1.82) is 0 Å². The summed E-state index contributed by atoms with van der Waals surface area (Å²) in [5, 5.41) is 2.81. The molecule has 0 aliphatic carbocycles. The zero-order chi connectivity index (χ0) is 12.0. The smallest absolute Gasteiger partial charge is 0.251 e. The van der Waals surface area contributed by atoms with Crippen LogP contribution >= 0.6 is 0 Å². The Labute approximate surface area is 95.8 Å². The predicted molar refractivity (Wildman–Crippen MR) is 64.4 cm³/mol. The lowest BCUT2D eigenvalue weighted by molar-refractivity contribution is 0.0948. The van der Waals surface area contributed by atoms with Gasteiger partial charge >= 0.3 is 0 Å². The van der Waals surface area contributed by atoms with E-state index in [0.717, 1.165) is 12.0 Å². The summed E-state index contributed by atoms with van der Waals surface area (Å²) in [6, 6.07) is 5.32. The van der Waals surface area contributed by atoms with Gasteiger partial charge in [0.15, 0.2) is 0 Å². The highest BCUT2D eigenvalue weighted by Gasteiger charge is 2.05. The number of rotatable bonds is 5. The standard InChI is InChI=1S/C12H18N2O2/c1-9-4-5-10(8-11(9)13)12(15)14-6-3-7-16-2/h4-5,8H,3,6-7,13H2,1-2H3,(H,14,15). The minimum absolute atomic E-state index is 0.0946. The van der Waals surface area contributed by atoms with E-state index >= 15 is 0 Å². The summed E-state index contributed by atoms with van der Waals surface area (Å²) in [5.41, 5.74) is 7.96. The number of benzene rings is 1. The molecule has 0 aromatic heterocycles. The number of hydrogen-bond acceptors (Lipinski definition) is 3. The highest BCUT2D eigenvalue weighted by molar-refractivity contribution is 5.95. The van der Waals surface area contributed by atoms with Crippen LogP contribution in [0.15, 0.2) is 18.2 Å². The summed E-state index contributed by atoms with van der Waals surface area (Å²) >= 11 is 0. The van der Waals surface area contributed by atoms with E-state index in [1.54, 1.807) is 19.2 Å². The van der Waals surface area contributed by atoms with E-state index in [4.69, 9.17) is 10.5 Å². The van der Waals surface area contributed by atoms with E-state index in [1.165, 1.54) is 0 Å². The molecule has 0 spiro atoms. The van der Waals surface area contributed by atoms with E-state index in [-0.39, 0.29) is 5.91 Å². The summed E-state index contributed by atoms with van der Waals surface area (Å²) in [5.74, 6) is -0.0946. The third-order valence-corrected chi connectivity index (χ3v) is 2.35. The number of aryl methyl sites for hydroxylation is 1. The van der Waals surface area contributed by atoms with Gasteiger partial charge in [-0.15, -0.1) is 0 Å². The zero-order valence-corrected chi connectivity index (χ0v) is 9.75. The van der Waals surface area contributed by atoms with Gasteiger partial charge in [-0.05, 0) is 31.0 Å². The number of carbonyl (C=O) groups excluding carboxylic acids is 1. The van der Waals surface area contributed by atoms with Gasteiger partial charge in [-0.2, -0.15) is 0 Å². The van der Waals surface area contributed by atoms with Crippen LogP contribution < -0.4 is 11.1 Å². The van der Waals surface area contributed by atoms with Crippen molar-refractivity contribution in [2.45, 2.75) is 13.3 Å². The van der Waals surface area contributed by atoms with Crippen LogP contribution in [0.2, 0.25) is 0 Å². The topological polar surface area (TPSA) is 64.3 Å². The number of hydrogen-bond donors (Lipinski definition) is 2. The third-order valence-electron chi connectivity index (χ3n) is 2.35. The second-order valence-electron chi connectivity index (χ2n) is 3.67. The van der Waals surface area contributed by atoms with Crippen molar-refractivity contribution in [3.05, 3.63) is 29.3 Å². The SMILES string of the molecule is COCCCNC(=O)c1ccc(C)c(N)c1. The molecule has 0 aliphatic heterocycles. The lowest BCUT2D eigenvalue weighted by Gasteiger charge is -2.06. The van der Waals surface area contributed by atoms with E-state index in [1.807, 2.05) is 13.0 Å². The Morgan fingerprint density at radius 2 is 2.25 bits per heavy atom. The van der Waals surface area contributed by atoms with Crippen LogP contribution in [0, 0.1) is 6.92 Å². The Morgan fingerprint density at radius 3 is 2.88 bits per heavy atom. The molecule has 1 aromatic carbocycles. The van der Waals surface area contributed by atoms with Crippen molar-refractivity contribution in [3.63, 3.8) is 0 Å². The second kappa shape index (κ2) is 6.12. The zero-order valence-electron chi connectivity index (χ0n) is 9.75. The summed E-state index contributed by atoms with van der Waals surface area (Å²) < 4.78 is 4.89. The molecule has 0 heterocycles. The quantitative estimate of drug-likeness (QED) is 0.583. The van der Waals surface area contributed by atoms with Crippen molar-refractivity contribution in [3.8, 4) is 0 Å². The van der Waals surface area contributed by atoms with Crippen molar-refractivity contribution >= 4 is 11.6 Å². The molecular weight excluding hydrogens is 204 g/mol. The Bertz CT molecular complexity index is 364. The molecule has 1 aromatic rings. The minimum Gasteiger partial charge on any atom is -0.398 e. The highest BCUT2D eigenvalue weighted by atomic mass is 16.5. The fourth-order valence-corrected chi connectivity index (χ4v) is 1.30. The van der Waals surface area contributed by atoms with Crippen molar-refractivity contribution in [2.75, 3.05) is 26.0 Å². The Kier molecular flexibility index (Phi) is 4.79. The summed E-state index contributed by atoms with van der Waals surface area (Å²) in [6.45, 7) is 3.17. The van der Waals surface area contributed by atoms with Gasteiger partial charge in [0, 0.05) is 31.5 Å². The molecule has 0 bridgehead atoms. The Balaban J connectivity index is 2.50. The van der Waals surface area contributed by atoms with Gasteiger partial charge in [0.05, 0.1) is 0 Å². The maximum atomic E-state index is 11.7. The van der Waals surface area contributed by atoms with Crippen molar-refractivity contribution in [2.24, 2.45) is 0 Å². The molecule has 4 nitrogen and oxygen atoms in total. The summed E-state index contributed by atoms with van der Waals surface area (Å²) in [6.07, 6.45) is 0.809. The Hall–Kier alpha value is -1.55. The van der Waals surface area contributed by atoms with Crippen molar-refractivity contribution < 1.29 is 9.53 Å². The molecule has 0 fully saturated rings. The van der Waals surface area contributed by atoms with Crippen molar-refractivity contribution in [1.82, 2.24) is 5.32 Å². The number of methoxy groups -OCH3 is 1. The van der Waals surface area contributed by atoms with E-state index in [2.05, 4.69) is 5.32 Å².